The maximum Gasteiger partial charge on any atom is 0.165 e. The first-order valence-electron chi connectivity index (χ1n) is 16.3. The molecule has 4 heteroatoms. The van der Waals surface area contributed by atoms with Crippen molar-refractivity contribution in [3.8, 4) is 33.9 Å². The summed E-state index contributed by atoms with van der Waals surface area (Å²) >= 11 is 0. The molecule has 10 aromatic rings. The van der Waals surface area contributed by atoms with Crippen LogP contribution in [0, 0.1) is 0 Å². The van der Waals surface area contributed by atoms with Gasteiger partial charge in [-0.25, -0.2) is 9.97 Å². The van der Waals surface area contributed by atoms with Crippen molar-refractivity contribution in [2.24, 2.45) is 0 Å². The highest BCUT2D eigenvalue weighted by atomic mass is 15.1. The van der Waals surface area contributed by atoms with Crippen LogP contribution in [0.15, 0.2) is 170 Å². The zero-order valence-electron chi connectivity index (χ0n) is 26.0. The molecule has 0 unspecified atom stereocenters. The van der Waals surface area contributed by atoms with Crippen molar-refractivity contribution < 1.29 is 0 Å². The van der Waals surface area contributed by atoms with Crippen molar-refractivity contribution in [2.45, 2.75) is 0 Å². The third kappa shape index (κ3) is 4.03. The Hall–Kier alpha value is -6.52. The molecular formula is C44H28N4. The van der Waals surface area contributed by atoms with Crippen LogP contribution in [-0.2, 0) is 0 Å². The van der Waals surface area contributed by atoms with Gasteiger partial charge in [-0.2, -0.15) is 0 Å². The number of hydrogen-bond donors (Lipinski definition) is 0. The van der Waals surface area contributed by atoms with E-state index in [1.54, 1.807) is 0 Å². The summed E-state index contributed by atoms with van der Waals surface area (Å²) in [6, 6.07) is 60.1. The second-order valence-corrected chi connectivity index (χ2v) is 12.3. The molecule has 10 rings (SSSR count). The summed E-state index contributed by atoms with van der Waals surface area (Å²) in [4.78, 5) is 10.4. The molecule has 0 saturated carbocycles. The third-order valence-corrected chi connectivity index (χ3v) is 9.52. The van der Waals surface area contributed by atoms with Crippen LogP contribution in [0.4, 0.5) is 0 Å². The number of aromatic nitrogens is 4. The molecule has 0 spiro atoms. The lowest BCUT2D eigenvalue weighted by molar-refractivity contribution is 1.08. The highest BCUT2D eigenvalue weighted by Gasteiger charge is 2.19. The van der Waals surface area contributed by atoms with E-state index >= 15 is 0 Å². The number of para-hydroxylation sites is 5. The van der Waals surface area contributed by atoms with Crippen molar-refractivity contribution in [3.05, 3.63) is 170 Å². The number of rotatable bonds is 4. The van der Waals surface area contributed by atoms with Crippen molar-refractivity contribution in [2.75, 3.05) is 0 Å². The minimum absolute atomic E-state index is 0.828. The lowest BCUT2D eigenvalue weighted by Crippen LogP contribution is -2.03. The van der Waals surface area contributed by atoms with Gasteiger partial charge in [-0.15, -0.1) is 0 Å². The van der Waals surface area contributed by atoms with Gasteiger partial charge in [0, 0.05) is 32.8 Å². The van der Waals surface area contributed by atoms with Gasteiger partial charge in [0.15, 0.2) is 5.82 Å². The summed E-state index contributed by atoms with van der Waals surface area (Å²) in [6.45, 7) is 0. The van der Waals surface area contributed by atoms with E-state index in [0.29, 0.717) is 0 Å². The van der Waals surface area contributed by atoms with E-state index < -0.39 is 0 Å². The Bertz CT molecular complexity index is 2770. The van der Waals surface area contributed by atoms with Gasteiger partial charge >= 0.3 is 0 Å². The zero-order chi connectivity index (χ0) is 31.6. The van der Waals surface area contributed by atoms with Gasteiger partial charge in [0.1, 0.15) is 5.69 Å². The largest absolute Gasteiger partial charge is 0.309 e. The first-order valence-corrected chi connectivity index (χ1v) is 16.3. The van der Waals surface area contributed by atoms with Crippen LogP contribution in [0.25, 0.3) is 88.5 Å². The average Bonchev–Trinajstić information content (AvgIpc) is 3.67. The number of benzene rings is 7. The Morgan fingerprint density at radius 3 is 1.50 bits per heavy atom. The van der Waals surface area contributed by atoms with Gasteiger partial charge in [0.2, 0.25) is 0 Å². The molecule has 3 heterocycles. The fourth-order valence-electron chi connectivity index (χ4n) is 7.32. The monoisotopic (exact) mass is 612 g/mol. The highest BCUT2D eigenvalue weighted by Crippen LogP contribution is 2.38. The van der Waals surface area contributed by atoms with Gasteiger partial charge in [-0.3, -0.25) is 4.57 Å². The van der Waals surface area contributed by atoms with Crippen molar-refractivity contribution in [1.29, 1.82) is 0 Å². The minimum atomic E-state index is 0.828. The summed E-state index contributed by atoms with van der Waals surface area (Å²) < 4.78 is 4.64. The lowest BCUT2D eigenvalue weighted by atomic mass is 10.0. The normalized spacial score (nSPS) is 11.8. The Morgan fingerprint density at radius 1 is 0.333 bits per heavy atom. The minimum Gasteiger partial charge on any atom is -0.309 e. The van der Waals surface area contributed by atoms with E-state index in [0.717, 1.165) is 44.8 Å². The van der Waals surface area contributed by atoms with Crippen LogP contribution >= 0.6 is 0 Å². The molecule has 224 valence electrons. The van der Waals surface area contributed by atoms with Crippen LogP contribution in [0.2, 0.25) is 0 Å². The van der Waals surface area contributed by atoms with Gasteiger partial charge in [-0.1, -0.05) is 115 Å². The van der Waals surface area contributed by atoms with E-state index in [1.165, 1.54) is 43.7 Å². The van der Waals surface area contributed by atoms with E-state index in [1.807, 2.05) is 30.3 Å². The second-order valence-electron chi connectivity index (χ2n) is 12.3. The molecule has 0 aliphatic carbocycles. The standard InChI is InChI=1S/C44H28N4/c1-2-12-30(13-3-1)43-44(46-38-18-8-7-17-37(38)45-43)48-41-21-11-6-16-35(41)36-28-31(24-27-42(36)48)29-22-25-32(26-23-29)47-39-19-9-4-14-33(39)34-15-5-10-20-40(34)47/h1-28H. The molecule has 48 heavy (non-hydrogen) atoms. The number of nitrogens with zero attached hydrogens (tertiary/aromatic N) is 4. The SMILES string of the molecule is c1ccc(-c2nc3ccccc3nc2-n2c3ccccc3c3cc(-c4ccc(-n5c6ccccc6c6ccccc65)cc4)ccc32)cc1. The molecule has 4 nitrogen and oxygen atoms in total. The van der Waals surface area contributed by atoms with Crippen LogP contribution in [0.1, 0.15) is 0 Å². The third-order valence-electron chi connectivity index (χ3n) is 9.52. The lowest BCUT2D eigenvalue weighted by Gasteiger charge is -2.14. The molecule has 0 N–H and O–H groups in total. The summed E-state index contributed by atoms with van der Waals surface area (Å²) in [5, 5.41) is 4.91. The van der Waals surface area contributed by atoms with Gasteiger partial charge in [-0.05, 0) is 65.7 Å². The predicted octanol–water partition coefficient (Wildman–Crippen LogP) is 11.2. The van der Waals surface area contributed by atoms with E-state index in [9.17, 15) is 0 Å². The Labute approximate surface area is 276 Å². The Balaban J connectivity index is 1.14. The molecule has 0 fully saturated rings. The highest BCUT2D eigenvalue weighted by molar-refractivity contribution is 6.11. The summed E-state index contributed by atoms with van der Waals surface area (Å²) in [6.07, 6.45) is 0. The molecule has 0 radical (unpaired) electrons. The molecule has 7 aromatic carbocycles. The molecule has 0 aliphatic rings. The smallest absolute Gasteiger partial charge is 0.165 e. The first-order chi connectivity index (χ1) is 23.8. The molecule has 3 aromatic heterocycles. The molecule has 0 saturated heterocycles. The zero-order valence-corrected chi connectivity index (χ0v) is 26.0. The van der Waals surface area contributed by atoms with E-state index in [4.69, 9.17) is 9.97 Å². The second kappa shape index (κ2) is 10.5. The number of hydrogen-bond acceptors (Lipinski definition) is 2. The maximum absolute atomic E-state index is 5.25. The molecule has 0 atom stereocenters. The Kier molecular flexibility index (Phi) is 5.84. The molecule has 0 bridgehead atoms. The van der Waals surface area contributed by atoms with E-state index in [2.05, 4.69) is 149 Å². The quantitative estimate of drug-likeness (QED) is 0.198. The predicted molar refractivity (Wildman–Crippen MR) is 199 cm³/mol. The van der Waals surface area contributed by atoms with Crippen molar-refractivity contribution in [3.63, 3.8) is 0 Å². The molecular weight excluding hydrogens is 585 g/mol. The number of fused-ring (bicyclic) bond motifs is 7. The summed E-state index contributed by atoms with van der Waals surface area (Å²) in [5.41, 5.74) is 11.8. The molecule has 0 amide bonds. The fourth-order valence-corrected chi connectivity index (χ4v) is 7.32. The van der Waals surface area contributed by atoms with Crippen LogP contribution in [0.3, 0.4) is 0 Å². The van der Waals surface area contributed by atoms with Crippen molar-refractivity contribution in [1.82, 2.24) is 19.1 Å². The summed E-state index contributed by atoms with van der Waals surface area (Å²) in [7, 11) is 0. The van der Waals surface area contributed by atoms with Crippen LogP contribution in [0.5, 0.6) is 0 Å². The van der Waals surface area contributed by atoms with Gasteiger partial charge in [0.25, 0.3) is 0 Å². The maximum atomic E-state index is 5.25. The Morgan fingerprint density at radius 2 is 0.833 bits per heavy atom. The molecule has 0 aliphatic heterocycles. The fraction of sp³-hybridized carbons (Fsp3) is 0. The topological polar surface area (TPSA) is 35.6 Å². The van der Waals surface area contributed by atoms with Gasteiger partial charge in [0.05, 0.1) is 33.1 Å². The van der Waals surface area contributed by atoms with Crippen molar-refractivity contribution >= 4 is 54.6 Å². The van der Waals surface area contributed by atoms with Crippen LogP contribution in [-0.4, -0.2) is 19.1 Å². The summed E-state index contributed by atoms with van der Waals surface area (Å²) in [5.74, 6) is 0.828. The van der Waals surface area contributed by atoms with E-state index in [-0.39, 0.29) is 0 Å². The average molecular weight is 613 g/mol. The van der Waals surface area contributed by atoms with Crippen LogP contribution < -0.4 is 0 Å². The first kappa shape index (κ1) is 26.7. The van der Waals surface area contributed by atoms with Gasteiger partial charge < -0.3 is 4.57 Å².